The van der Waals surface area contributed by atoms with E-state index in [4.69, 9.17) is 4.52 Å². The quantitative estimate of drug-likeness (QED) is 0.591. The number of anilines is 1. The second-order valence-electron chi connectivity index (χ2n) is 6.87. The van der Waals surface area contributed by atoms with Crippen LogP contribution < -0.4 is 5.32 Å². The zero-order chi connectivity index (χ0) is 20.1. The van der Waals surface area contributed by atoms with E-state index in [1.165, 1.54) is 5.56 Å². The van der Waals surface area contributed by atoms with Crippen LogP contribution >= 0.6 is 15.9 Å². The van der Waals surface area contributed by atoms with Crippen LogP contribution in [-0.4, -0.2) is 39.5 Å². The van der Waals surface area contributed by atoms with Gasteiger partial charge in [0.05, 0.1) is 13.1 Å². The highest BCUT2D eigenvalue weighted by atomic mass is 79.9. The van der Waals surface area contributed by atoms with E-state index in [1.807, 2.05) is 25.2 Å². The van der Waals surface area contributed by atoms with E-state index < -0.39 is 0 Å². The summed E-state index contributed by atoms with van der Waals surface area (Å²) in [5, 5.41) is 6.79. The largest absolute Gasteiger partial charge is 0.338 e. The molecule has 1 amide bonds. The highest BCUT2D eigenvalue weighted by Gasteiger charge is 2.14. The van der Waals surface area contributed by atoms with Gasteiger partial charge in [0.1, 0.15) is 5.82 Å². The Morgan fingerprint density at radius 2 is 1.96 bits per heavy atom. The molecule has 0 unspecified atom stereocenters. The van der Waals surface area contributed by atoms with Crippen LogP contribution in [0.15, 0.2) is 51.6 Å². The Bertz CT molecular complexity index is 923. The second kappa shape index (κ2) is 9.07. The van der Waals surface area contributed by atoms with Crippen molar-refractivity contribution >= 4 is 27.7 Å². The summed E-state index contributed by atoms with van der Waals surface area (Å²) in [6.45, 7) is 4.86. The van der Waals surface area contributed by atoms with E-state index in [-0.39, 0.29) is 12.5 Å². The standard InChI is InChI=1S/C20H22BrN5O2/c1-13(2)14-4-6-15(7-5-14)20-24-19(28-25-20)12-26(3)11-18(27)23-17-9-8-16(21)10-22-17/h4-10,13H,11-12H2,1-3H3,(H,22,23,27). The highest BCUT2D eigenvalue weighted by molar-refractivity contribution is 9.10. The molecule has 3 rings (SSSR count). The van der Waals surface area contributed by atoms with E-state index >= 15 is 0 Å². The monoisotopic (exact) mass is 443 g/mol. The molecule has 0 fully saturated rings. The van der Waals surface area contributed by atoms with Crippen LogP contribution in [0, 0.1) is 0 Å². The minimum Gasteiger partial charge on any atom is -0.338 e. The Hall–Kier alpha value is -2.58. The van der Waals surface area contributed by atoms with Crippen LogP contribution in [-0.2, 0) is 11.3 Å². The van der Waals surface area contributed by atoms with E-state index in [9.17, 15) is 4.79 Å². The summed E-state index contributed by atoms with van der Waals surface area (Å²) < 4.78 is 6.18. The molecule has 1 N–H and O–H groups in total. The number of halogens is 1. The summed E-state index contributed by atoms with van der Waals surface area (Å²) in [4.78, 5) is 22.5. The van der Waals surface area contributed by atoms with Gasteiger partial charge in [-0.05, 0) is 46.6 Å². The van der Waals surface area contributed by atoms with Crippen molar-refractivity contribution in [3.05, 3.63) is 58.5 Å². The summed E-state index contributed by atoms with van der Waals surface area (Å²) in [5.74, 6) is 1.82. The number of rotatable bonds is 7. The summed E-state index contributed by atoms with van der Waals surface area (Å²) in [6, 6.07) is 11.7. The fraction of sp³-hybridized carbons (Fsp3) is 0.300. The lowest BCUT2D eigenvalue weighted by atomic mass is 10.0. The summed E-state index contributed by atoms with van der Waals surface area (Å²) in [7, 11) is 1.82. The Morgan fingerprint density at radius 1 is 1.21 bits per heavy atom. The Morgan fingerprint density at radius 3 is 2.61 bits per heavy atom. The number of benzene rings is 1. The van der Waals surface area contributed by atoms with Crippen molar-refractivity contribution in [2.75, 3.05) is 18.9 Å². The van der Waals surface area contributed by atoms with Crippen molar-refractivity contribution in [1.82, 2.24) is 20.0 Å². The Balaban J connectivity index is 1.55. The molecule has 0 aliphatic carbocycles. The van der Waals surface area contributed by atoms with Gasteiger partial charge in [-0.3, -0.25) is 9.69 Å². The normalized spacial score (nSPS) is 11.2. The van der Waals surface area contributed by atoms with Gasteiger partial charge >= 0.3 is 0 Å². The number of hydrogen-bond acceptors (Lipinski definition) is 6. The highest BCUT2D eigenvalue weighted by Crippen LogP contribution is 2.20. The topological polar surface area (TPSA) is 84.2 Å². The smallest absolute Gasteiger partial charge is 0.241 e. The van der Waals surface area contributed by atoms with Gasteiger partial charge in [0.2, 0.25) is 17.6 Å². The molecule has 0 aliphatic rings. The molecule has 0 aliphatic heterocycles. The first-order valence-corrected chi connectivity index (χ1v) is 9.73. The van der Waals surface area contributed by atoms with Crippen molar-refractivity contribution in [2.45, 2.75) is 26.3 Å². The van der Waals surface area contributed by atoms with Gasteiger partial charge in [-0.2, -0.15) is 4.98 Å². The van der Waals surface area contributed by atoms with Crippen LogP contribution in [0.2, 0.25) is 0 Å². The minimum atomic E-state index is -0.165. The summed E-state index contributed by atoms with van der Waals surface area (Å²) in [6.07, 6.45) is 1.63. The molecule has 8 heteroatoms. The predicted molar refractivity (Wildman–Crippen MR) is 111 cm³/mol. The first kappa shape index (κ1) is 20.2. The lowest BCUT2D eigenvalue weighted by Gasteiger charge is -2.13. The number of likely N-dealkylation sites (N-methyl/N-ethyl adjacent to an activating group) is 1. The van der Waals surface area contributed by atoms with E-state index in [0.717, 1.165) is 10.0 Å². The first-order chi connectivity index (χ1) is 13.4. The number of pyridine rings is 1. The van der Waals surface area contributed by atoms with E-state index in [1.54, 1.807) is 17.2 Å². The third kappa shape index (κ3) is 5.46. The molecular weight excluding hydrogens is 422 g/mol. The number of nitrogens with one attached hydrogen (secondary N) is 1. The van der Waals surface area contributed by atoms with Gasteiger partial charge < -0.3 is 9.84 Å². The summed E-state index contributed by atoms with van der Waals surface area (Å²) in [5.41, 5.74) is 2.17. The molecule has 2 heterocycles. The molecule has 0 atom stereocenters. The van der Waals surface area contributed by atoms with Crippen LogP contribution in [0.5, 0.6) is 0 Å². The van der Waals surface area contributed by atoms with E-state index in [2.05, 4.69) is 62.4 Å². The van der Waals surface area contributed by atoms with Gasteiger partial charge in [0.25, 0.3) is 0 Å². The fourth-order valence-electron chi connectivity index (χ4n) is 2.62. The molecule has 0 saturated carbocycles. The molecule has 146 valence electrons. The molecule has 2 aromatic heterocycles. The van der Waals surface area contributed by atoms with Crippen LogP contribution in [0.1, 0.15) is 31.2 Å². The third-order valence-electron chi connectivity index (χ3n) is 4.12. The van der Waals surface area contributed by atoms with Gasteiger partial charge in [-0.15, -0.1) is 0 Å². The predicted octanol–water partition coefficient (Wildman–Crippen LogP) is 4.09. The SMILES string of the molecule is CC(C)c1ccc(-c2noc(CN(C)CC(=O)Nc3ccc(Br)cn3)n2)cc1. The molecule has 28 heavy (non-hydrogen) atoms. The van der Waals surface area contributed by atoms with E-state index in [0.29, 0.717) is 30.0 Å². The lowest BCUT2D eigenvalue weighted by molar-refractivity contribution is -0.117. The molecule has 3 aromatic rings. The van der Waals surface area contributed by atoms with Crippen molar-refractivity contribution in [1.29, 1.82) is 0 Å². The molecule has 0 saturated heterocycles. The molecule has 0 bridgehead atoms. The molecule has 1 aromatic carbocycles. The molecule has 7 nitrogen and oxygen atoms in total. The molecular formula is C20H22BrN5O2. The molecule has 0 spiro atoms. The Kier molecular flexibility index (Phi) is 6.53. The summed E-state index contributed by atoms with van der Waals surface area (Å²) >= 11 is 3.31. The maximum atomic E-state index is 12.1. The maximum Gasteiger partial charge on any atom is 0.241 e. The maximum absolute atomic E-state index is 12.1. The van der Waals surface area contributed by atoms with Crippen molar-refractivity contribution in [3.8, 4) is 11.4 Å². The van der Waals surface area contributed by atoms with Gasteiger partial charge in [0, 0.05) is 16.2 Å². The number of hydrogen-bond donors (Lipinski definition) is 1. The van der Waals surface area contributed by atoms with Crippen molar-refractivity contribution < 1.29 is 9.32 Å². The van der Waals surface area contributed by atoms with Gasteiger partial charge in [-0.1, -0.05) is 43.3 Å². The van der Waals surface area contributed by atoms with Gasteiger partial charge in [-0.25, -0.2) is 4.98 Å². The average Bonchev–Trinajstić information content (AvgIpc) is 3.12. The number of aromatic nitrogens is 3. The third-order valence-corrected chi connectivity index (χ3v) is 4.59. The van der Waals surface area contributed by atoms with Crippen LogP contribution in [0.4, 0.5) is 5.82 Å². The average molecular weight is 444 g/mol. The Labute approximate surface area is 172 Å². The second-order valence-corrected chi connectivity index (χ2v) is 7.79. The van der Waals surface area contributed by atoms with Crippen molar-refractivity contribution in [3.63, 3.8) is 0 Å². The van der Waals surface area contributed by atoms with Crippen molar-refractivity contribution in [2.24, 2.45) is 0 Å². The van der Waals surface area contributed by atoms with Crippen LogP contribution in [0.25, 0.3) is 11.4 Å². The van der Waals surface area contributed by atoms with Crippen LogP contribution in [0.3, 0.4) is 0 Å². The number of amides is 1. The van der Waals surface area contributed by atoms with Gasteiger partial charge in [0.15, 0.2) is 0 Å². The fourth-order valence-corrected chi connectivity index (χ4v) is 2.85. The number of carbonyl (C=O) groups is 1. The first-order valence-electron chi connectivity index (χ1n) is 8.93. The molecule has 0 radical (unpaired) electrons. The number of nitrogens with zero attached hydrogens (tertiary/aromatic N) is 4. The minimum absolute atomic E-state index is 0.165. The zero-order valence-corrected chi connectivity index (χ0v) is 17.6. The zero-order valence-electron chi connectivity index (χ0n) is 16.0. The number of carbonyl (C=O) groups excluding carboxylic acids is 1. The lowest BCUT2D eigenvalue weighted by Crippen LogP contribution is -2.30.